The Balaban J connectivity index is 1.29. The van der Waals surface area contributed by atoms with Gasteiger partial charge >= 0.3 is 0 Å². The molecule has 7 aromatic rings. The molecule has 0 bridgehead atoms. The Hall–Kier alpha value is -6.53. The van der Waals surface area contributed by atoms with E-state index in [0.29, 0.717) is 11.6 Å². The van der Waals surface area contributed by atoms with Gasteiger partial charge in [0.05, 0.1) is 0 Å². The summed E-state index contributed by atoms with van der Waals surface area (Å²) in [6, 6.07) is 54.0. The lowest BCUT2D eigenvalue weighted by Gasteiger charge is -2.44. The number of fused-ring (bicyclic) bond motifs is 4. The van der Waals surface area contributed by atoms with Crippen molar-refractivity contribution in [1.82, 2.24) is 15.0 Å². The molecular weight excluding hydrogens is 633 g/mol. The van der Waals surface area contributed by atoms with E-state index in [1.807, 2.05) is 18.2 Å². The molecule has 0 fully saturated rings. The van der Waals surface area contributed by atoms with E-state index in [2.05, 4.69) is 174 Å². The van der Waals surface area contributed by atoms with Crippen LogP contribution in [0.15, 0.2) is 176 Å². The number of para-hydroxylation sites is 4. The van der Waals surface area contributed by atoms with E-state index in [-0.39, 0.29) is 18.5 Å². The fourth-order valence-electron chi connectivity index (χ4n) is 8.16. The van der Waals surface area contributed by atoms with Crippen LogP contribution in [-0.2, 0) is 0 Å². The van der Waals surface area contributed by atoms with Crippen molar-refractivity contribution in [3.8, 4) is 22.8 Å². The molecule has 3 aliphatic rings. The highest BCUT2D eigenvalue weighted by molar-refractivity contribution is 7.00. The molecule has 5 nitrogen and oxygen atoms in total. The summed E-state index contributed by atoms with van der Waals surface area (Å²) in [5.74, 6) is 2.40. The van der Waals surface area contributed by atoms with E-state index in [9.17, 15) is 0 Å². The number of rotatable bonds is 5. The number of nitrogens with zero attached hydrogens (tertiary/aromatic N) is 5. The number of hydrogen-bond acceptors (Lipinski definition) is 5. The smallest absolute Gasteiger partial charge is 0.252 e. The van der Waals surface area contributed by atoms with Crippen molar-refractivity contribution in [3.05, 3.63) is 182 Å². The zero-order valence-electron chi connectivity index (χ0n) is 28.7. The summed E-state index contributed by atoms with van der Waals surface area (Å²) in [6.07, 6.45) is 8.65. The van der Waals surface area contributed by atoms with Gasteiger partial charge in [0.1, 0.15) is 5.82 Å². The maximum absolute atomic E-state index is 5.30. The third-order valence-electron chi connectivity index (χ3n) is 10.6. The van der Waals surface area contributed by atoms with Crippen molar-refractivity contribution in [2.24, 2.45) is 5.92 Å². The standard InChI is InChI=1S/C46H34BN5/c1-31-17-11-12-24-36(31)46-49-44(32-18-5-2-6-19-32)48-45(50-46)33-29-41-43-42(30-33)52(35-22-9-4-10-23-35)40-28-16-14-26-38(40)47(43)37-25-13-15-27-39(37)51(41)34-20-7-3-8-21-34/h2-31,36H,1H3. The Kier molecular flexibility index (Phi) is 7.20. The maximum atomic E-state index is 5.30. The Labute approximate surface area is 304 Å². The number of benzene rings is 6. The first kappa shape index (κ1) is 30.3. The summed E-state index contributed by atoms with van der Waals surface area (Å²) >= 11 is 0. The molecule has 3 heterocycles. The zero-order valence-corrected chi connectivity index (χ0v) is 28.7. The van der Waals surface area contributed by atoms with Crippen LogP contribution in [0.4, 0.5) is 34.1 Å². The summed E-state index contributed by atoms with van der Waals surface area (Å²) in [5, 5.41) is 0. The summed E-state index contributed by atoms with van der Waals surface area (Å²) in [4.78, 5) is 20.5. The maximum Gasteiger partial charge on any atom is 0.252 e. The highest BCUT2D eigenvalue weighted by Gasteiger charge is 2.43. The molecule has 10 rings (SSSR count). The SMILES string of the molecule is CC1C=CC=CC1c1nc(-c2ccccc2)nc(-c2cc3c4c(c2)N(c2ccccc2)c2ccccc2B4c2ccccc2N3c2ccccc2)n1. The molecule has 6 heteroatoms. The van der Waals surface area contributed by atoms with Crippen LogP contribution in [0.2, 0.25) is 0 Å². The lowest BCUT2D eigenvalue weighted by atomic mass is 9.33. The Morgan fingerprint density at radius 1 is 0.481 bits per heavy atom. The third-order valence-corrected chi connectivity index (χ3v) is 10.6. The van der Waals surface area contributed by atoms with Gasteiger partial charge in [-0.1, -0.05) is 134 Å². The normalized spacial score (nSPS) is 16.7. The van der Waals surface area contributed by atoms with E-state index in [1.54, 1.807) is 0 Å². The number of anilines is 6. The molecule has 1 aromatic heterocycles. The topological polar surface area (TPSA) is 45.2 Å². The molecule has 0 radical (unpaired) electrons. The second-order valence-electron chi connectivity index (χ2n) is 13.7. The van der Waals surface area contributed by atoms with Crippen molar-refractivity contribution in [2.45, 2.75) is 12.8 Å². The van der Waals surface area contributed by atoms with E-state index >= 15 is 0 Å². The Morgan fingerprint density at radius 3 is 1.52 bits per heavy atom. The highest BCUT2D eigenvalue weighted by atomic mass is 15.2. The first-order valence-corrected chi connectivity index (χ1v) is 18.0. The van der Waals surface area contributed by atoms with Crippen molar-refractivity contribution in [1.29, 1.82) is 0 Å². The molecule has 1 aliphatic carbocycles. The minimum Gasteiger partial charge on any atom is -0.311 e. The van der Waals surface area contributed by atoms with Crippen LogP contribution in [0.1, 0.15) is 18.7 Å². The molecule has 2 unspecified atom stereocenters. The molecule has 52 heavy (non-hydrogen) atoms. The van der Waals surface area contributed by atoms with Crippen LogP contribution in [0.5, 0.6) is 0 Å². The van der Waals surface area contributed by atoms with Gasteiger partial charge in [0.15, 0.2) is 11.6 Å². The molecule has 0 saturated heterocycles. The quantitative estimate of drug-likeness (QED) is 0.171. The minimum atomic E-state index is 0.0370. The summed E-state index contributed by atoms with van der Waals surface area (Å²) in [6.45, 7) is 2.27. The van der Waals surface area contributed by atoms with Crippen LogP contribution < -0.4 is 26.2 Å². The molecule has 2 aliphatic heterocycles. The van der Waals surface area contributed by atoms with Crippen molar-refractivity contribution in [2.75, 3.05) is 9.80 Å². The van der Waals surface area contributed by atoms with Crippen LogP contribution in [0.25, 0.3) is 22.8 Å². The van der Waals surface area contributed by atoms with E-state index in [4.69, 9.17) is 15.0 Å². The van der Waals surface area contributed by atoms with E-state index in [1.165, 1.54) is 27.8 Å². The zero-order chi connectivity index (χ0) is 34.6. The molecule has 2 atom stereocenters. The monoisotopic (exact) mass is 667 g/mol. The molecule has 246 valence electrons. The lowest BCUT2D eigenvalue weighted by molar-refractivity contribution is 0.600. The van der Waals surface area contributed by atoms with Crippen LogP contribution in [0.3, 0.4) is 0 Å². The minimum absolute atomic E-state index is 0.0370. The average Bonchev–Trinajstić information content (AvgIpc) is 3.21. The van der Waals surface area contributed by atoms with Gasteiger partial charge in [-0.25, -0.2) is 15.0 Å². The second-order valence-corrected chi connectivity index (χ2v) is 13.7. The van der Waals surface area contributed by atoms with Gasteiger partial charge in [-0.05, 0) is 70.8 Å². The molecule has 0 amide bonds. The lowest BCUT2D eigenvalue weighted by Crippen LogP contribution is -2.61. The molecular formula is C46H34BN5. The fourth-order valence-corrected chi connectivity index (χ4v) is 8.16. The number of aromatic nitrogens is 3. The van der Waals surface area contributed by atoms with Crippen LogP contribution in [-0.4, -0.2) is 21.7 Å². The highest BCUT2D eigenvalue weighted by Crippen LogP contribution is 2.45. The van der Waals surface area contributed by atoms with Gasteiger partial charge in [-0.2, -0.15) is 0 Å². The van der Waals surface area contributed by atoms with Crippen molar-refractivity contribution >= 4 is 57.2 Å². The molecule has 0 saturated carbocycles. The molecule has 6 aromatic carbocycles. The summed E-state index contributed by atoms with van der Waals surface area (Å²) in [7, 11) is 0. The molecule has 0 spiro atoms. The number of hydrogen-bond donors (Lipinski definition) is 0. The predicted molar refractivity (Wildman–Crippen MR) is 215 cm³/mol. The fraction of sp³-hybridized carbons (Fsp3) is 0.0652. The third kappa shape index (κ3) is 4.90. The summed E-state index contributed by atoms with van der Waals surface area (Å²) < 4.78 is 0. The Bertz CT molecular complexity index is 2400. The van der Waals surface area contributed by atoms with Gasteiger partial charge < -0.3 is 9.80 Å². The second kappa shape index (κ2) is 12.4. The number of allylic oxidation sites excluding steroid dienone is 4. The first-order valence-electron chi connectivity index (χ1n) is 18.0. The van der Waals surface area contributed by atoms with Gasteiger partial charge in [0.25, 0.3) is 6.71 Å². The van der Waals surface area contributed by atoms with E-state index in [0.717, 1.165) is 39.7 Å². The van der Waals surface area contributed by atoms with Crippen LogP contribution >= 0.6 is 0 Å². The molecule has 0 N–H and O–H groups in total. The van der Waals surface area contributed by atoms with Crippen LogP contribution in [0, 0.1) is 5.92 Å². The summed E-state index contributed by atoms with van der Waals surface area (Å²) in [5.41, 5.74) is 12.5. The Morgan fingerprint density at radius 2 is 0.962 bits per heavy atom. The van der Waals surface area contributed by atoms with E-state index < -0.39 is 0 Å². The predicted octanol–water partition coefficient (Wildman–Crippen LogP) is 9.13. The first-order chi connectivity index (χ1) is 25.7. The van der Waals surface area contributed by atoms with Gasteiger partial charge in [-0.15, -0.1) is 0 Å². The van der Waals surface area contributed by atoms with Crippen molar-refractivity contribution < 1.29 is 0 Å². The largest absolute Gasteiger partial charge is 0.311 e. The average molecular weight is 668 g/mol. The van der Waals surface area contributed by atoms with Crippen molar-refractivity contribution in [3.63, 3.8) is 0 Å². The van der Waals surface area contributed by atoms with Gasteiger partial charge in [0, 0.05) is 51.2 Å². The van der Waals surface area contributed by atoms with Gasteiger partial charge in [-0.3, -0.25) is 0 Å². The van der Waals surface area contributed by atoms with Gasteiger partial charge in [0.2, 0.25) is 0 Å².